The molecule has 28 heavy (non-hydrogen) atoms. The van der Waals surface area contributed by atoms with Crippen LogP contribution in [-0.2, 0) is 0 Å². The van der Waals surface area contributed by atoms with E-state index in [0.717, 1.165) is 6.42 Å². The van der Waals surface area contributed by atoms with Crippen molar-refractivity contribution in [1.82, 2.24) is 0 Å². The van der Waals surface area contributed by atoms with Gasteiger partial charge in [0.2, 0.25) is 0 Å². The topological polar surface area (TPSA) is 60.7 Å². The maximum atomic E-state index is 10.3. The zero-order chi connectivity index (χ0) is 20.7. The van der Waals surface area contributed by atoms with Crippen LogP contribution in [0, 0.1) is 29.1 Å². The van der Waals surface area contributed by atoms with Crippen LogP contribution < -0.4 is 0 Å². The minimum atomic E-state index is -0.592. The Kier molecular flexibility index (Phi) is 6.49. The Hall–Kier alpha value is -0.640. The summed E-state index contributed by atoms with van der Waals surface area (Å²) < 4.78 is 0. The van der Waals surface area contributed by atoms with Gasteiger partial charge in [-0.25, -0.2) is 0 Å². The van der Waals surface area contributed by atoms with E-state index < -0.39 is 17.8 Å². The first-order valence-corrected chi connectivity index (χ1v) is 11.5. The number of rotatable bonds is 4. The Morgan fingerprint density at radius 3 is 2.39 bits per heavy atom. The predicted octanol–water partition coefficient (Wildman–Crippen LogP) is 5.00. The molecule has 3 saturated carbocycles. The van der Waals surface area contributed by atoms with Gasteiger partial charge in [0, 0.05) is 5.92 Å². The number of hydrogen-bond donors (Lipinski definition) is 3. The third-order valence-corrected chi connectivity index (χ3v) is 8.24. The Labute approximate surface area is 171 Å². The smallest absolute Gasteiger partial charge is 0.0627 e. The SMILES string of the molecule is CC1[C@H](O)CC(=C/C=C2\CCC[C@@]3(C)[C@@H]2CC[C@@H]3[C@@H](C)CC(C)(C)O)C[C@H]1O. The Morgan fingerprint density at radius 2 is 1.79 bits per heavy atom. The molecule has 0 aromatic rings. The third kappa shape index (κ3) is 4.57. The van der Waals surface area contributed by atoms with Crippen molar-refractivity contribution in [3.63, 3.8) is 0 Å². The van der Waals surface area contributed by atoms with E-state index in [1.807, 2.05) is 20.8 Å². The van der Waals surface area contributed by atoms with E-state index in [1.165, 1.54) is 37.7 Å². The summed E-state index contributed by atoms with van der Waals surface area (Å²) in [7, 11) is 0. The largest absolute Gasteiger partial charge is 0.392 e. The van der Waals surface area contributed by atoms with Crippen LogP contribution in [0.5, 0.6) is 0 Å². The second kappa shape index (κ2) is 8.24. The molecular formula is C25H42O3. The summed E-state index contributed by atoms with van der Waals surface area (Å²) in [5.74, 6) is 1.83. The summed E-state index contributed by atoms with van der Waals surface area (Å²) in [5, 5.41) is 30.7. The maximum absolute atomic E-state index is 10.3. The van der Waals surface area contributed by atoms with Crippen molar-refractivity contribution in [2.24, 2.45) is 29.1 Å². The van der Waals surface area contributed by atoms with Crippen molar-refractivity contribution in [2.45, 2.75) is 104 Å². The standard InChI is InChI=1S/C25H42O3/c1-16(15-24(3,4)28)20-10-11-21-19(7-6-12-25(20,21)5)9-8-18-13-22(26)17(2)23(27)14-18/h8-9,16-17,20-23,26-28H,6-7,10-15H2,1-5H3/b18-8?,19-9+/t16-,17?,20+,21+,22+,23+,25+/m0/s1. The molecule has 3 aliphatic rings. The summed E-state index contributed by atoms with van der Waals surface area (Å²) in [5.41, 5.74) is 2.50. The normalized spacial score (nSPS) is 41.8. The lowest BCUT2D eigenvalue weighted by molar-refractivity contribution is 0.00402. The molecule has 3 heteroatoms. The molecule has 3 aliphatic carbocycles. The van der Waals surface area contributed by atoms with Crippen LogP contribution >= 0.6 is 0 Å². The maximum Gasteiger partial charge on any atom is 0.0627 e. The molecule has 160 valence electrons. The monoisotopic (exact) mass is 390 g/mol. The van der Waals surface area contributed by atoms with Crippen molar-refractivity contribution in [1.29, 1.82) is 0 Å². The van der Waals surface area contributed by atoms with Crippen LogP contribution in [0.3, 0.4) is 0 Å². The van der Waals surface area contributed by atoms with Crippen molar-refractivity contribution >= 4 is 0 Å². The van der Waals surface area contributed by atoms with Gasteiger partial charge in [0.1, 0.15) is 0 Å². The average Bonchev–Trinajstić information content (AvgIpc) is 2.93. The number of allylic oxidation sites excluding steroid dienone is 3. The number of hydrogen-bond acceptors (Lipinski definition) is 3. The van der Waals surface area contributed by atoms with Crippen LogP contribution in [0.15, 0.2) is 23.3 Å². The predicted molar refractivity (Wildman–Crippen MR) is 115 cm³/mol. The van der Waals surface area contributed by atoms with Crippen LogP contribution in [0.2, 0.25) is 0 Å². The molecule has 0 aromatic carbocycles. The number of aliphatic hydroxyl groups is 3. The van der Waals surface area contributed by atoms with Crippen LogP contribution in [-0.4, -0.2) is 33.1 Å². The first kappa shape index (κ1) is 22.1. The van der Waals surface area contributed by atoms with Crippen LogP contribution in [0.1, 0.15) is 86.0 Å². The van der Waals surface area contributed by atoms with Gasteiger partial charge >= 0.3 is 0 Å². The van der Waals surface area contributed by atoms with Crippen molar-refractivity contribution < 1.29 is 15.3 Å². The fraction of sp³-hybridized carbons (Fsp3) is 0.840. The van der Waals surface area contributed by atoms with E-state index in [9.17, 15) is 15.3 Å². The zero-order valence-corrected chi connectivity index (χ0v) is 18.6. The van der Waals surface area contributed by atoms with Crippen molar-refractivity contribution in [2.75, 3.05) is 0 Å². The van der Waals surface area contributed by atoms with E-state index in [0.29, 0.717) is 36.0 Å². The molecule has 3 fully saturated rings. The van der Waals surface area contributed by atoms with Gasteiger partial charge < -0.3 is 15.3 Å². The minimum absolute atomic E-state index is 0.0318. The molecule has 0 saturated heterocycles. The zero-order valence-electron chi connectivity index (χ0n) is 18.6. The summed E-state index contributed by atoms with van der Waals surface area (Å²) in [6.07, 6.45) is 12.2. The Balaban J connectivity index is 1.75. The summed E-state index contributed by atoms with van der Waals surface area (Å²) >= 11 is 0. The highest BCUT2D eigenvalue weighted by Gasteiger charge is 2.51. The summed E-state index contributed by atoms with van der Waals surface area (Å²) in [6.45, 7) is 10.6. The van der Waals surface area contributed by atoms with Crippen LogP contribution in [0.4, 0.5) is 0 Å². The highest BCUT2D eigenvalue weighted by Crippen LogP contribution is 2.60. The highest BCUT2D eigenvalue weighted by molar-refractivity contribution is 5.26. The summed E-state index contributed by atoms with van der Waals surface area (Å²) in [6, 6.07) is 0. The molecule has 3 N–H and O–H groups in total. The molecule has 0 bridgehead atoms. The number of fused-ring (bicyclic) bond motifs is 1. The van der Waals surface area contributed by atoms with Gasteiger partial charge in [0.05, 0.1) is 17.8 Å². The molecule has 0 amide bonds. The molecule has 0 radical (unpaired) electrons. The second-order valence-electron chi connectivity index (χ2n) is 11.1. The number of aliphatic hydroxyl groups excluding tert-OH is 2. The second-order valence-corrected chi connectivity index (χ2v) is 11.1. The Morgan fingerprint density at radius 1 is 1.14 bits per heavy atom. The molecule has 3 rings (SSSR count). The molecule has 0 aromatic heterocycles. The lowest BCUT2D eigenvalue weighted by atomic mass is 9.60. The first-order chi connectivity index (χ1) is 13.0. The van der Waals surface area contributed by atoms with Crippen LogP contribution in [0.25, 0.3) is 0 Å². The van der Waals surface area contributed by atoms with Gasteiger partial charge in [-0.2, -0.15) is 0 Å². The van der Waals surface area contributed by atoms with E-state index >= 15 is 0 Å². The first-order valence-electron chi connectivity index (χ1n) is 11.5. The Bertz CT molecular complexity index is 600. The molecule has 6 atom stereocenters. The fourth-order valence-corrected chi connectivity index (χ4v) is 6.75. The molecule has 0 heterocycles. The lowest BCUT2D eigenvalue weighted by Gasteiger charge is -2.45. The molecule has 0 aliphatic heterocycles. The quantitative estimate of drug-likeness (QED) is 0.633. The lowest BCUT2D eigenvalue weighted by Crippen LogP contribution is -2.38. The van der Waals surface area contributed by atoms with Gasteiger partial charge in [-0.05, 0) is 88.4 Å². The highest BCUT2D eigenvalue weighted by atomic mass is 16.3. The van der Waals surface area contributed by atoms with E-state index in [2.05, 4.69) is 26.0 Å². The van der Waals surface area contributed by atoms with Gasteiger partial charge in [0.25, 0.3) is 0 Å². The molecule has 3 nitrogen and oxygen atoms in total. The molecular weight excluding hydrogens is 348 g/mol. The van der Waals surface area contributed by atoms with E-state index in [4.69, 9.17) is 0 Å². The van der Waals surface area contributed by atoms with Gasteiger partial charge in [-0.1, -0.05) is 44.1 Å². The molecule has 0 unspecified atom stereocenters. The van der Waals surface area contributed by atoms with Gasteiger partial charge in [-0.15, -0.1) is 0 Å². The molecule has 0 spiro atoms. The minimum Gasteiger partial charge on any atom is -0.392 e. The van der Waals surface area contributed by atoms with Gasteiger partial charge in [0.15, 0.2) is 0 Å². The average molecular weight is 391 g/mol. The van der Waals surface area contributed by atoms with Gasteiger partial charge in [-0.3, -0.25) is 0 Å². The fourth-order valence-electron chi connectivity index (χ4n) is 6.75. The van der Waals surface area contributed by atoms with Crippen molar-refractivity contribution in [3.05, 3.63) is 23.3 Å². The van der Waals surface area contributed by atoms with E-state index in [1.54, 1.807) is 5.57 Å². The summed E-state index contributed by atoms with van der Waals surface area (Å²) in [4.78, 5) is 0. The third-order valence-electron chi connectivity index (χ3n) is 8.24. The van der Waals surface area contributed by atoms with Crippen molar-refractivity contribution in [3.8, 4) is 0 Å². The van der Waals surface area contributed by atoms with E-state index in [-0.39, 0.29) is 5.92 Å².